The van der Waals surface area contributed by atoms with Crippen LogP contribution in [0.5, 0.6) is 0 Å². The molecule has 19 nitrogen and oxygen atoms in total. The van der Waals surface area contributed by atoms with Crippen LogP contribution in [-0.4, -0.2) is 158 Å². The van der Waals surface area contributed by atoms with Crippen LogP contribution in [-0.2, 0) is 71.2 Å². The average molecular weight is 1380 g/mol. The van der Waals surface area contributed by atoms with Crippen molar-refractivity contribution in [2.24, 2.45) is 23.7 Å². The van der Waals surface area contributed by atoms with Gasteiger partial charge in [0.1, 0.15) is 23.8 Å². The molecule has 24 heteroatoms. The molecule has 3 heterocycles. The number of ether oxygens (including phenoxy) is 3. The van der Waals surface area contributed by atoms with E-state index >= 15 is 0 Å². The van der Waals surface area contributed by atoms with Gasteiger partial charge in [0.15, 0.2) is 19.9 Å². The number of ketones is 5. The van der Waals surface area contributed by atoms with Crippen molar-refractivity contribution < 1.29 is 80.2 Å². The summed E-state index contributed by atoms with van der Waals surface area (Å²) in [5, 5.41) is 30.4. The molecule has 6 N–H and O–H groups in total. The molecule has 0 radical (unpaired) electrons. The molecule has 3 aromatic rings. The zero-order valence-electron chi connectivity index (χ0n) is 60.1. The zero-order chi connectivity index (χ0) is 72.7. The molecule has 0 unspecified atom stereocenters. The minimum absolute atomic E-state index is 0.0298. The lowest BCUT2D eigenvalue weighted by atomic mass is 9.65. The maximum atomic E-state index is 13.7. The predicted octanol–water partition coefficient (Wildman–Crippen LogP) is 10.6. The SMILES string of the molecule is CC(C)C[C@H](CC(=O)C(C)(C)NC(=O)c1ccccc1C(F)(F)F)B(O)O.CCCCCCC(=O)C[C@@H](C)C(=O)N[C@@H](CC(C)C)C(=O)[C@@]1(O[Si](C)(C)C(C)(C)C)CO1.C[C@H](NCN1CCOCC1)C(=O)C[C@@H](Cc1ccccc1)C(=O)N[C@@H](Cc1ccccc1)C(=O)[C@@]1(C)CO1. The van der Waals surface area contributed by atoms with E-state index in [1.54, 1.807) is 13.8 Å². The summed E-state index contributed by atoms with van der Waals surface area (Å²) in [6, 6.07) is 21.8. The number of carbonyl (C=O) groups excluding carboxylic acids is 8. The van der Waals surface area contributed by atoms with Crippen LogP contribution >= 0.6 is 0 Å². The summed E-state index contributed by atoms with van der Waals surface area (Å²) in [5.74, 6) is -5.04. The Kier molecular flexibility index (Phi) is 32.8. The average Bonchev–Trinajstić information content (AvgIpc) is 1.61. The van der Waals surface area contributed by atoms with E-state index in [2.05, 4.69) is 67.0 Å². The number of epoxide rings is 2. The molecule has 0 bridgehead atoms. The van der Waals surface area contributed by atoms with Gasteiger partial charge in [-0.15, -0.1) is 0 Å². The van der Waals surface area contributed by atoms with Gasteiger partial charge in [0, 0.05) is 63.1 Å². The third kappa shape index (κ3) is 28.0. The van der Waals surface area contributed by atoms with Gasteiger partial charge in [0.05, 0.1) is 54.6 Å². The number of nitrogens with zero attached hydrogens (tertiary/aromatic N) is 1. The number of benzene rings is 3. The fourth-order valence-electron chi connectivity index (χ4n) is 10.9. The molecule has 3 saturated heterocycles. The molecule has 3 aromatic carbocycles. The van der Waals surface area contributed by atoms with Crippen molar-refractivity contribution in [3.63, 3.8) is 0 Å². The second-order valence-corrected chi connectivity index (χ2v) is 34.2. The Bertz CT molecular complexity index is 3020. The zero-order valence-corrected chi connectivity index (χ0v) is 61.1. The highest BCUT2D eigenvalue weighted by molar-refractivity contribution is 6.74. The number of rotatable bonds is 37. The highest BCUT2D eigenvalue weighted by Crippen LogP contribution is 2.44. The van der Waals surface area contributed by atoms with Crippen LogP contribution in [0.4, 0.5) is 13.2 Å². The van der Waals surface area contributed by atoms with Crippen molar-refractivity contribution in [2.75, 3.05) is 46.2 Å². The number of morpholine rings is 1. The Morgan fingerprint density at radius 1 is 0.691 bits per heavy atom. The summed E-state index contributed by atoms with van der Waals surface area (Å²) in [6.07, 6.45) is 1.73. The van der Waals surface area contributed by atoms with E-state index in [1.165, 1.54) is 26.0 Å². The Labute approximate surface area is 575 Å². The molecule has 0 aromatic heterocycles. The van der Waals surface area contributed by atoms with Gasteiger partial charge in [-0.25, -0.2) is 0 Å². The first-order valence-corrected chi connectivity index (χ1v) is 37.4. The van der Waals surface area contributed by atoms with E-state index in [0.29, 0.717) is 58.6 Å². The second kappa shape index (κ2) is 38.1. The highest BCUT2D eigenvalue weighted by atomic mass is 28.4. The van der Waals surface area contributed by atoms with Crippen LogP contribution in [0.1, 0.15) is 181 Å². The van der Waals surface area contributed by atoms with E-state index in [1.807, 2.05) is 95.3 Å². The normalized spacial score (nSPS) is 19.1. The lowest BCUT2D eigenvalue weighted by Gasteiger charge is -2.38. The van der Waals surface area contributed by atoms with E-state index in [0.717, 1.165) is 62.0 Å². The van der Waals surface area contributed by atoms with Gasteiger partial charge in [-0.3, -0.25) is 48.6 Å². The Balaban J connectivity index is 0.000000315. The molecule has 0 saturated carbocycles. The van der Waals surface area contributed by atoms with Crippen molar-refractivity contribution in [1.29, 1.82) is 0 Å². The molecule has 0 aliphatic carbocycles. The Morgan fingerprint density at radius 2 is 1.24 bits per heavy atom. The molecule has 3 amide bonds. The highest BCUT2D eigenvalue weighted by Gasteiger charge is 2.60. The summed E-state index contributed by atoms with van der Waals surface area (Å²) >= 11 is 0. The Morgan fingerprint density at radius 3 is 1.75 bits per heavy atom. The topological polar surface area (TPSA) is 272 Å². The summed E-state index contributed by atoms with van der Waals surface area (Å²) in [5.41, 5.74) is -2.08. The first-order valence-electron chi connectivity index (χ1n) is 34.5. The number of nitrogens with one attached hydrogen (secondary N) is 4. The minimum atomic E-state index is -4.70. The number of Topliss-reactive ketones (excluding diaryl/α,β-unsaturated/α-hetero) is 5. The number of amides is 3. The number of halogens is 3. The molecule has 6 rings (SSSR count). The first kappa shape index (κ1) is 83.6. The lowest BCUT2D eigenvalue weighted by Crippen LogP contribution is -2.54. The molecule has 97 heavy (non-hydrogen) atoms. The van der Waals surface area contributed by atoms with Crippen molar-refractivity contribution in [3.05, 3.63) is 107 Å². The third-order valence-electron chi connectivity index (χ3n) is 18.2. The number of hydrogen-bond acceptors (Lipinski definition) is 16. The molecule has 0 spiro atoms. The fraction of sp³-hybridized carbons (Fsp3) is 0.644. The second-order valence-electron chi connectivity index (χ2n) is 29.5. The third-order valence-corrected chi connectivity index (χ3v) is 22.7. The van der Waals surface area contributed by atoms with Crippen LogP contribution in [0.15, 0.2) is 84.9 Å². The van der Waals surface area contributed by atoms with Gasteiger partial charge < -0.3 is 44.6 Å². The maximum absolute atomic E-state index is 13.7. The number of carbonyl (C=O) groups is 8. The van der Waals surface area contributed by atoms with Gasteiger partial charge in [-0.05, 0) is 113 Å². The van der Waals surface area contributed by atoms with Crippen molar-refractivity contribution >= 4 is 62.1 Å². The Hall–Kier alpha value is -5.83. The molecule has 540 valence electrons. The molecule has 3 fully saturated rings. The molecular weight excluding hydrogens is 1270 g/mol. The molecule has 3 aliphatic heterocycles. The lowest BCUT2D eigenvalue weighted by molar-refractivity contribution is -0.140. The van der Waals surface area contributed by atoms with Gasteiger partial charge >= 0.3 is 13.3 Å². The standard InChI is InChI=1S/C30H39N3O5.C25H47NO5Si.C18H25BF3NO4/c1-22(31-21-33-13-15-37-16-14-33)27(34)19-25(17-23-9-5-3-6-10-23)29(36)32-26(28(35)30(2)20-38-30)18-24-11-7-4-8-12-24;1-10-11-12-13-14-20(27)16-19(4)23(29)26-21(15-18(2)3)22(28)25(17-30-25)31-32(8,9)24(5,6)7;1-11(2)9-12(19(26)27)10-15(24)17(3,4)23-16(25)13-7-5-6-8-14(13)18(20,21)22/h3-12,22,25-26,31H,13-21H2,1-2H3,(H,32,36);18-19,21H,10-17H2,1-9H3,(H,26,29);5-8,11-12,26-27H,9-10H2,1-4H3,(H,23,25)/t22-,25+,26-,30+;19-,21+,25+;12-/m011/s1. The number of hydrogen-bond donors (Lipinski definition) is 6. The fourth-order valence-corrected chi connectivity index (χ4v) is 12.2. The molecule has 3 aliphatic rings. The first-order chi connectivity index (χ1) is 45.2. The summed E-state index contributed by atoms with van der Waals surface area (Å²) in [6.45, 7) is 32.8. The van der Waals surface area contributed by atoms with Gasteiger partial charge in [-0.2, -0.15) is 13.2 Å². The molecular formula is C73H111BF3N5O14Si. The van der Waals surface area contributed by atoms with E-state index < -0.39 is 97.1 Å². The minimum Gasteiger partial charge on any atom is -0.427 e. The van der Waals surface area contributed by atoms with Crippen LogP contribution in [0.25, 0.3) is 0 Å². The number of unbranched alkanes of at least 4 members (excludes halogenated alkanes) is 3. The summed E-state index contributed by atoms with van der Waals surface area (Å²) < 4.78 is 62.0. The van der Waals surface area contributed by atoms with E-state index in [-0.39, 0.29) is 77.7 Å². The predicted molar refractivity (Wildman–Crippen MR) is 371 cm³/mol. The van der Waals surface area contributed by atoms with Crippen LogP contribution < -0.4 is 21.3 Å². The van der Waals surface area contributed by atoms with Crippen LogP contribution in [0.3, 0.4) is 0 Å². The van der Waals surface area contributed by atoms with Gasteiger partial charge in [0.2, 0.25) is 23.4 Å². The van der Waals surface area contributed by atoms with Crippen LogP contribution in [0.2, 0.25) is 23.9 Å². The summed E-state index contributed by atoms with van der Waals surface area (Å²) in [7, 11) is -3.93. The smallest absolute Gasteiger partial charge is 0.427 e. The van der Waals surface area contributed by atoms with Crippen molar-refractivity contribution in [1.82, 2.24) is 26.2 Å². The van der Waals surface area contributed by atoms with Crippen molar-refractivity contribution in [3.8, 4) is 0 Å². The van der Waals surface area contributed by atoms with Gasteiger partial charge in [-0.1, -0.05) is 154 Å². The summed E-state index contributed by atoms with van der Waals surface area (Å²) in [4.78, 5) is 106. The van der Waals surface area contributed by atoms with Crippen molar-refractivity contribution in [2.45, 2.75) is 232 Å². The molecule has 8 atom stereocenters. The monoisotopic (exact) mass is 1380 g/mol. The van der Waals surface area contributed by atoms with Crippen LogP contribution in [0, 0.1) is 23.7 Å². The quantitative estimate of drug-likeness (QED) is 0.0178. The maximum Gasteiger partial charge on any atom is 0.455 e. The van der Waals surface area contributed by atoms with E-state index in [9.17, 15) is 61.6 Å². The van der Waals surface area contributed by atoms with E-state index in [4.69, 9.17) is 18.6 Å². The number of alkyl halides is 3. The largest absolute Gasteiger partial charge is 0.455 e. The van der Waals surface area contributed by atoms with Gasteiger partial charge in [0.25, 0.3) is 5.91 Å².